The van der Waals surface area contributed by atoms with Crippen LogP contribution in [-0.4, -0.2) is 60.6 Å². The maximum Gasteiger partial charge on any atom is 0.239 e. The number of hydrogen-bond acceptors (Lipinski definition) is 3. The van der Waals surface area contributed by atoms with Crippen LogP contribution in [0.4, 0.5) is 0 Å². The van der Waals surface area contributed by atoms with Gasteiger partial charge in [-0.2, -0.15) is 0 Å². The van der Waals surface area contributed by atoms with E-state index in [0.717, 1.165) is 25.9 Å². The van der Waals surface area contributed by atoms with Crippen molar-refractivity contribution < 1.29 is 9.90 Å². The smallest absolute Gasteiger partial charge is 0.239 e. The second kappa shape index (κ2) is 5.47. The van der Waals surface area contributed by atoms with Crippen LogP contribution >= 0.6 is 0 Å². The van der Waals surface area contributed by atoms with Gasteiger partial charge in [0.1, 0.15) is 0 Å². The van der Waals surface area contributed by atoms with Crippen LogP contribution in [0.2, 0.25) is 0 Å². The summed E-state index contributed by atoms with van der Waals surface area (Å²) in [5, 5.41) is 9.12. The molecule has 0 aromatic carbocycles. The van der Waals surface area contributed by atoms with Crippen LogP contribution in [0.15, 0.2) is 0 Å². The summed E-state index contributed by atoms with van der Waals surface area (Å²) in [6, 6.07) is -0.0608. The van der Waals surface area contributed by atoms with Gasteiger partial charge < -0.3 is 10.0 Å². The van der Waals surface area contributed by atoms with E-state index < -0.39 is 0 Å². The minimum absolute atomic E-state index is 0.0608. The highest BCUT2D eigenvalue weighted by atomic mass is 16.3. The summed E-state index contributed by atoms with van der Waals surface area (Å²) in [5.74, 6) is 0.491. The molecule has 1 saturated heterocycles. The van der Waals surface area contributed by atoms with E-state index in [2.05, 4.69) is 4.90 Å². The highest BCUT2D eigenvalue weighted by Gasteiger charge is 2.27. The topological polar surface area (TPSA) is 43.8 Å². The van der Waals surface area contributed by atoms with Crippen molar-refractivity contribution in [2.45, 2.75) is 25.8 Å². The molecule has 0 aromatic heterocycles. The number of amides is 1. The SMILES string of the molecule is CC(C(=O)N(C)C)N1CCCC(CO)C1. The molecule has 0 aromatic rings. The van der Waals surface area contributed by atoms with Crippen LogP contribution in [0.5, 0.6) is 0 Å². The number of likely N-dealkylation sites (tertiary alicyclic amines) is 1. The zero-order valence-electron chi connectivity index (χ0n) is 9.94. The number of aliphatic hydroxyl groups excluding tert-OH is 1. The molecule has 0 saturated carbocycles. The van der Waals surface area contributed by atoms with Crippen molar-refractivity contribution in [2.24, 2.45) is 5.92 Å². The minimum atomic E-state index is -0.0608. The molecule has 0 aliphatic carbocycles. The van der Waals surface area contributed by atoms with Gasteiger partial charge in [-0.3, -0.25) is 9.69 Å². The maximum absolute atomic E-state index is 11.8. The van der Waals surface area contributed by atoms with Gasteiger partial charge >= 0.3 is 0 Å². The Morgan fingerprint density at radius 3 is 2.80 bits per heavy atom. The monoisotopic (exact) mass is 214 g/mol. The minimum Gasteiger partial charge on any atom is -0.396 e. The number of rotatable bonds is 3. The Bertz CT molecular complexity index is 219. The number of carbonyl (C=O) groups excluding carboxylic acids is 1. The molecule has 2 unspecified atom stereocenters. The van der Waals surface area contributed by atoms with Gasteiger partial charge in [0.05, 0.1) is 6.04 Å². The third-order valence-electron chi connectivity index (χ3n) is 3.15. The first kappa shape index (κ1) is 12.5. The highest BCUT2D eigenvalue weighted by Crippen LogP contribution is 2.18. The molecule has 0 spiro atoms. The average molecular weight is 214 g/mol. The van der Waals surface area contributed by atoms with Gasteiger partial charge in [0.15, 0.2) is 0 Å². The molecule has 1 aliphatic heterocycles. The Morgan fingerprint density at radius 1 is 1.60 bits per heavy atom. The summed E-state index contributed by atoms with van der Waals surface area (Å²) < 4.78 is 0. The number of aliphatic hydroxyl groups is 1. The summed E-state index contributed by atoms with van der Waals surface area (Å²) in [6.07, 6.45) is 2.16. The van der Waals surface area contributed by atoms with Crippen molar-refractivity contribution in [2.75, 3.05) is 33.8 Å². The van der Waals surface area contributed by atoms with Crippen LogP contribution in [0.1, 0.15) is 19.8 Å². The molecular weight excluding hydrogens is 192 g/mol. The normalized spacial score (nSPS) is 24.9. The van der Waals surface area contributed by atoms with Crippen LogP contribution in [0.3, 0.4) is 0 Å². The van der Waals surface area contributed by atoms with E-state index in [1.165, 1.54) is 0 Å². The van der Waals surface area contributed by atoms with E-state index in [4.69, 9.17) is 5.11 Å². The number of carbonyl (C=O) groups is 1. The summed E-state index contributed by atoms with van der Waals surface area (Å²) in [6.45, 7) is 4.00. The lowest BCUT2D eigenvalue weighted by molar-refractivity contribution is -0.134. The molecule has 4 heteroatoms. The van der Waals surface area contributed by atoms with Crippen molar-refractivity contribution >= 4 is 5.91 Å². The second-order valence-corrected chi connectivity index (χ2v) is 4.59. The molecule has 1 N–H and O–H groups in total. The van der Waals surface area contributed by atoms with Gasteiger partial charge in [-0.15, -0.1) is 0 Å². The van der Waals surface area contributed by atoms with Crippen molar-refractivity contribution in [3.63, 3.8) is 0 Å². The van der Waals surface area contributed by atoms with E-state index in [-0.39, 0.29) is 18.6 Å². The standard InChI is InChI=1S/C11H22N2O2/c1-9(11(15)12(2)3)13-6-4-5-10(7-13)8-14/h9-10,14H,4-8H2,1-3H3. The lowest BCUT2D eigenvalue weighted by atomic mass is 9.97. The fourth-order valence-electron chi connectivity index (χ4n) is 2.13. The quantitative estimate of drug-likeness (QED) is 0.728. The summed E-state index contributed by atoms with van der Waals surface area (Å²) in [5.41, 5.74) is 0. The van der Waals surface area contributed by atoms with Gasteiger partial charge in [-0.25, -0.2) is 0 Å². The Balaban J connectivity index is 2.51. The third-order valence-corrected chi connectivity index (χ3v) is 3.15. The van der Waals surface area contributed by atoms with Crippen molar-refractivity contribution in [1.82, 2.24) is 9.80 Å². The Kier molecular flexibility index (Phi) is 4.54. The number of nitrogens with zero attached hydrogens (tertiary/aromatic N) is 2. The number of hydrogen-bond donors (Lipinski definition) is 1. The van der Waals surface area contributed by atoms with Crippen LogP contribution in [-0.2, 0) is 4.79 Å². The van der Waals surface area contributed by atoms with E-state index in [9.17, 15) is 4.79 Å². The van der Waals surface area contributed by atoms with Crippen LogP contribution in [0.25, 0.3) is 0 Å². The van der Waals surface area contributed by atoms with E-state index >= 15 is 0 Å². The van der Waals surface area contributed by atoms with Gasteiger partial charge in [0, 0.05) is 27.2 Å². The van der Waals surface area contributed by atoms with Crippen LogP contribution in [0, 0.1) is 5.92 Å². The molecule has 1 fully saturated rings. The van der Waals surface area contributed by atoms with E-state index in [1.54, 1.807) is 19.0 Å². The van der Waals surface area contributed by atoms with Crippen molar-refractivity contribution in [1.29, 1.82) is 0 Å². The Morgan fingerprint density at radius 2 is 2.27 bits per heavy atom. The molecule has 1 heterocycles. The summed E-state index contributed by atoms with van der Waals surface area (Å²) in [4.78, 5) is 15.6. The fourth-order valence-corrected chi connectivity index (χ4v) is 2.13. The van der Waals surface area contributed by atoms with E-state index in [0.29, 0.717) is 5.92 Å². The molecular formula is C11H22N2O2. The van der Waals surface area contributed by atoms with Gasteiger partial charge in [0.2, 0.25) is 5.91 Å². The number of piperidine rings is 1. The third kappa shape index (κ3) is 3.18. The predicted octanol–water partition coefficient (Wildman–Crippen LogP) is 0.167. The highest BCUT2D eigenvalue weighted by molar-refractivity contribution is 5.80. The lowest BCUT2D eigenvalue weighted by Gasteiger charge is -2.36. The average Bonchev–Trinajstić information content (AvgIpc) is 2.27. The fraction of sp³-hybridized carbons (Fsp3) is 0.909. The van der Waals surface area contributed by atoms with Gasteiger partial charge in [-0.05, 0) is 32.2 Å². The molecule has 4 nitrogen and oxygen atoms in total. The molecule has 1 amide bonds. The zero-order valence-corrected chi connectivity index (χ0v) is 9.94. The zero-order chi connectivity index (χ0) is 11.4. The molecule has 1 rings (SSSR count). The second-order valence-electron chi connectivity index (χ2n) is 4.59. The molecule has 88 valence electrons. The van der Waals surface area contributed by atoms with E-state index in [1.807, 2.05) is 6.92 Å². The number of likely N-dealkylation sites (N-methyl/N-ethyl adjacent to an activating group) is 1. The molecule has 0 bridgehead atoms. The van der Waals surface area contributed by atoms with Crippen LogP contribution < -0.4 is 0 Å². The Labute approximate surface area is 91.9 Å². The maximum atomic E-state index is 11.8. The Hall–Kier alpha value is -0.610. The van der Waals surface area contributed by atoms with Crippen molar-refractivity contribution in [3.05, 3.63) is 0 Å². The largest absolute Gasteiger partial charge is 0.396 e. The lowest BCUT2D eigenvalue weighted by Crippen LogP contribution is -2.49. The van der Waals surface area contributed by atoms with Gasteiger partial charge in [0.25, 0.3) is 0 Å². The summed E-state index contributed by atoms with van der Waals surface area (Å²) >= 11 is 0. The molecule has 0 radical (unpaired) electrons. The predicted molar refractivity (Wildman–Crippen MR) is 59.5 cm³/mol. The molecule has 2 atom stereocenters. The molecule has 15 heavy (non-hydrogen) atoms. The first-order valence-electron chi connectivity index (χ1n) is 5.62. The first-order valence-corrected chi connectivity index (χ1v) is 5.62. The van der Waals surface area contributed by atoms with Crippen molar-refractivity contribution in [3.8, 4) is 0 Å². The summed E-state index contributed by atoms with van der Waals surface area (Å²) in [7, 11) is 3.57. The molecule has 1 aliphatic rings. The first-order chi connectivity index (χ1) is 7.06. The van der Waals surface area contributed by atoms with Gasteiger partial charge in [-0.1, -0.05) is 0 Å².